The summed E-state index contributed by atoms with van der Waals surface area (Å²) in [5.41, 5.74) is 1.73. The van der Waals surface area contributed by atoms with E-state index in [9.17, 15) is 4.39 Å². The van der Waals surface area contributed by atoms with Crippen LogP contribution in [-0.2, 0) is 11.3 Å². The summed E-state index contributed by atoms with van der Waals surface area (Å²) in [7, 11) is 3.62. The molecular weight excluding hydrogens is 243 g/mol. The molecule has 1 heterocycles. The van der Waals surface area contributed by atoms with Crippen molar-refractivity contribution < 1.29 is 9.13 Å². The molecule has 4 heteroatoms. The summed E-state index contributed by atoms with van der Waals surface area (Å²) < 4.78 is 19.7. The molecule has 1 aliphatic heterocycles. The van der Waals surface area contributed by atoms with Crippen LogP contribution in [0.25, 0.3) is 0 Å². The van der Waals surface area contributed by atoms with Crippen molar-refractivity contribution in [3.8, 4) is 0 Å². The van der Waals surface area contributed by atoms with E-state index in [-0.39, 0.29) is 11.9 Å². The van der Waals surface area contributed by atoms with E-state index in [1.165, 1.54) is 6.07 Å². The molecule has 0 radical (unpaired) electrons. The Morgan fingerprint density at radius 2 is 2.26 bits per heavy atom. The van der Waals surface area contributed by atoms with Crippen LogP contribution in [0.5, 0.6) is 0 Å². The molecule has 1 aliphatic rings. The van der Waals surface area contributed by atoms with Crippen LogP contribution in [0.3, 0.4) is 0 Å². The molecular formula is C15H23FN2O. The Labute approximate surface area is 114 Å². The number of methoxy groups -OCH3 is 1. The van der Waals surface area contributed by atoms with Gasteiger partial charge < -0.3 is 15.0 Å². The predicted octanol–water partition coefficient (Wildman–Crippen LogP) is 2.41. The smallest absolute Gasteiger partial charge is 0.146 e. The van der Waals surface area contributed by atoms with Crippen LogP contribution in [0.2, 0.25) is 0 Å². The summed E-state index contributed by atoms with van der Waals surface area (Å²) in [5, 5.41) is 3.10. The number of rotatable bonds is 4. The van der Waals surface area contributed by atoms with E-state index in [0.717, 1.165) is 30.8 Å². The molecule has 0 aromatic heterocycles. The summed E-state index contributed by atoms with van der Waals surface area (Å²) in [6.07, 6.45) is 1.21. The number of benzene rings is 1. The van der Waals surface area contributed by atoms with Gasteiger partial charge in [0.05, 0.1) is 11.8 Å². The van der Waals surface area contributed by atoms with Crippen molar-refractivity contribution >= 4 is 5.69 Å². The Morgan fingerprint density at radius 1 is 1.47 bits per heavy atom. The van der Waals surface area contributed by atoms with E-state index in [1.54, 1.807) is 13.2 Å². The molecule has 2 atom stereocenters. The first-order valence-corrected chi connectivity index (χ1v) is 6.87. The zero-order valence-electron chi connectivity index (χ0n) is 11.9. The van der Waals surface area contributed by atoms with Crippen LogP contribution in [0.15, 0.2) is 18.2 Å². The van der Waals surface area contributed by atoms with E-state index < -0.39 is 0 Å². The second kappa shape index (κ2) is 6.35. The SMILES string of the molecule is CNCc1cccc(F)c1N1CCC(C)C(OC)C1. The average molecular weight is 266 g/mol. The molecule has 0 bridgehead atoms. The highest BCUT2D eigenvalue weighted by molar-refractivity contribution is 5.55. The van der Waals surface area contributed by atoms with Crippen molar-refractivity contribution in [2.75, 3.05) is 32.1 Å². The van der Waals surface area contributed by atoms with Crippen molar-refractivity contribution in [1.29, 1.82) is 0 Å². The number of hydrogen-bond acceptors (Lipinski definition) is 3. The third-order valence-corrected chi connectivity index (χ3v) is 3.95. The van der Waals surface area contributed by atoms with Gasteiger partial charge >= 0.3 is 0 Å². The first kappa shape index (κ1) is 14.3. The first-order chi connectivity index (χ1) is 9.17. The van der Waals surface area contributed by atoms with Gasteiger partial charge in [-0.15, -0.1) is 0 Å². The zero-order valence-corrected chi connectivity index (χ0v) is 11.9. The Bertz CT molecular complexity index is 425. The van der Waals surface area contributed by atoms with Crippen molar-refractivity contribution in [1.82, 2.24) is 5.32 Å². The fraction of sp³-hybridized carbons (Fsp3) is 0.600. The lowest BCUT2D eigenvalue weighted by Crippen LogP contribution is -2.44. The quantitative estimate of drug-likeness (QED) is 0.905. The number of anilines is 1. The second-order valence-corrected chi connectivity index (χ2v) is 5.26. The summed E-state index contributed by atoms with van der Waals surface area (Å²) >= 11 is 0. The Balaban J connectivity index is 2.26. The summed E-state index contributed by atoms with van der Waals surface area (Å²) in [6, 6.07) is 5.29. The van der Waals surface area contributed by atoms with E-state index in [2.05, 4.69) is 17.1 Å². The van der Waals surface area contributed by atoms with Gasteiger partial charge in [-0.3, -0.25) is 0 Å². The number of nitrogens with one attached hydrogen (secondary N) is 1. The molecule has 1 aromatic carbocycles. The minimum Gasteiger partial charge on any atom is -0.379 e. The van der Waals surface area contributed by atoms with Gasteiger partial charge in [-0.2, -0.15) is 0 Å². The summed E-state index contributed by atoms with van der Waals surface area (Å²) in [4.78, 5) is 2.12. The third-order valence-electron chi connectivity index (χ3n) is 3.95. The minimum absolute atomic E-state index is 0.142. The van der Waals surface area contributed by atoms with Crippen LogP contribution in [-0.4, -0.2) is 33.4 Å². The highest BCUT2D eigenvalue weighted by atomic mass is 19.1. The van der Waals surface area contributed by atoms with Gasteiger partial charge in [0, 0.05) is 26.7 Å². The lowest BCUT2D eigenvalue weighted by Gasteiger charge is -2.38. The maximum atomic E-state index is 14.2. The average Bonchev–Trinajstić information content (AvgIpc) is 2.40. The topological polar surface area (TPSA) is 24.5 Å². The van der Waals surface area contributed by atoms with Gasteiger partial charge in [0.25, 0.3) is 0 Å². The standard InChI is InChI=1S/C15H23FN2O/c1-11-7-8-18(10-14(11)19-3)15-12(9-17-2)5-4-6-13(15)16/h4-6,11,14,17H,7-10H2,1-3H3. The van der Waals surface area contributed by atoms with Gasteiger partial charge in [0.15, 0.2) is 0 Å². The number of hydrogen-bond donors (Lipinski definition) is 1. The molecule has 106 valence electrons. The van der Waals surface area contributed by atoms with E-state index >= 15 is 0 Å². The number of para-hydroxylation sites is 1. The minimum atomic E-state index is -0.142. The van der Waals surface area contributed by atoms with Crippen LogP contribution in [0.4, 0.5) is 10.1 Å². The molecule has 0 spiro atoms. The van der Waals surface area contributed by atoms with E-state index in [0.29, 0.717) is 12.5 Å². The first-order valence-electron chi connectivity index (χ1n) is 6.87. The van der Waals surface area contributed by atoms with Crippen LogP contribution in [0.1, 0.15) is 18.9 Å². The predicted molar refractivity (Wildman–Crippen MR) is 76.0 cm³/mol. The maximum Gasteiger partial charge on any atom is 0.146 e. The number of nitrogens with zero attached hydrogens (tertiary/aromatic N) is 1. The Kier molecular flexibility index (Phi) is 4.77. The Morgan fingerprint density at radius 3 is 2.95 bits per heavy atom. The summed E-state index contributed by atoms with van der Waals surface area (Å²) in [5.74, 6) is 0.387. The van der Waals surface area contributed by atoms with Gasteiger partial charge in [-0.25, -0.2) is 4.39 Å². The molecule has 0 aliphatic carbocycles. The number of halogens is 1. The van der Waals surface area contributed by atoms with Crippen molar-refractivity contribution in [2.45, 2.75) is 26.0 Å². The molecule has 0 amide bonds. The fourth-order valence-electron chi connectivity index (χ4n) is 2.79. The molecule has 19 heavy (non-hydrogen) atoms. The van der Waals surface area contributed by atoms with Gasteiger partial charge in [-0.05, 0) is 31.0 Å². The molecule has 2 unspecified atom stereocenters. The zero-order chi connectivity index (χ0) is 13.8. The molecule has 0 saturated carbocycles. The Hall–Kier alpha value is -1.13. The normalized spacial score (nSPS) is 23.7. The molecule has 2 rings (SSSR count). The van der Waals surface area contributed by atoms with Crippen molar-refractivity contribution in [2.24, 2.45) is 5.92 Å². The lowest BCUT2D eigenvalue weighted by atomic mass is 9.94. The molecule has 1 saturated heterocycles. The second-order valence-electron chi connectivity index (χ2n) is 5.26. The molecule has 3 nitrogen and oxygen atoms in total. The fourth-order valence-corrected chi connectivity index (χ4v) is 2.79. The molecule has 1 aromatic rings. The van der Waals surface area contributed by atoms with Crippen molar-refractivity contribution in [3.63, 3.8) is 0 Å². The third kappa shape index (κ3) is 3.07. The number of ether oxygens (including phenoxy) is 1. The van der Waals surface area contributed by atoms with E-state index in [4.69, 9.17) is 4.74 Å². The van der Waals surface area contributed by atoms with Gasteiger partial charge in [-0.1, -0.05) is 19.1 Å². The number of piperidine rings is 1. The maximum absolute atomic E-state index is 14.2. The van der Waals surface area contributed by atoms with E-state index in [1.807, 2.05) is 13.1 Å². The molecule has 1 fully saturated rings. The summed E-state index contributed by atoms with van der Waals surface area (Å²) in [6.45, 7) is 4.52. The largest absolute Gasteiger partial charge is 0.379 e. The van der Waals surface area contributed by atoms with Gasteiger partial charge in [0.2, 0.25) is 0 Å². The van der Waals surface area contributed by atoms with Crippen LogP contribution >= 0.6 is 0 Å². The highest BCUT2D eigenvalue weighted by Crippen LogP contribution is 2.29. The monoisotopic (exact) mass is 266 g/mol. The van der Waals surface area contributed by atoms with Crippen LogP contribution < -0.4 is 10.2 Å². The van der Waals surface area contributed by atoms with Crippen molar-refractivity contribution in [3.05, 3.63) is 29.6 Å². The van der Waals surface area contributed by atoms with Crippen LogP contribution in [0, 0.1) is 11.7 Å². The van der Waals surface area contributed by atoms with Gasteiger partial charge in [0.1, 0.15) is 5.82 Å². The lowest BCUT2D eigenvalue weighted by molar-refractivity contribution is 0.0496. The highest BCUT2D eigenvalue weighted by Gasteiger charge is 2.28. The molecule has 1 N–H and O–H groups in total.